The van der Waals surface area contributed by atoms with Crippen molar-refractivity contribution >= 4 is 11.9 Å². The third-order valence-corrected chi connectivity index (χ3v) is 5.65. The molecular formula is C16H27N3O3. The van der Waals surface area contributed by atoms with Gasteiger partial charge < -0.3 is 20.2 Å². The lowest BCUT2D eigenvalue weighted by Gasteiger charge is -2.45. The van der Waals surface area contributed by atoms with Crippen molar-refractivity contribution < 1.29 is 14.7 Å². The molecule has 0 bridgehead atoms. The Hall–Kier alpha value is -1.30. The minimum atomic E-state index is -0.728. The van der Waals surface area contributed by atoms with E-state index in [2.05, 4.69) is 5.32 Å². The number of rotatable bonds is 3. The van der Waals surface area contributed by atoms with E-state index < -0.39 is 5.60 Å². The van der Waals surface area contributed by atoms with Crippen molar-refractivity contribution in [3.63, 3.8) is 0 Å². The minimum absolute atomic E-state index is 0.0435. The first kappa shape index (κ1) is 15.6. The van der Waals surface area contributed by atoms with E-state index in [4.69, 9.17) is 0 Å². The van der Waals surface area contributed by atoms with Gasteiger partial charge in [-0.05, 0) is 43.9 Å². The predicted octanol–water partition coefficient (Wildman–Crippen LogP) is 0.944. The molecule has 1 spiro atoms. The second-order valence-electron chi connectivity index (χ2n) is 7.77. The molecule has 1 saturated heterocycles. The molecule has 1 heterocycles. The van der Waals surface area contributed by atoms with Crippen molar-refractivity contribution in [1.82, 2.24) is 15.1 Å². The maximum atomic E-state index is 12.3. The number of urea groups is 1. The Morgan fingerprint density at radius 1 is 1.27 bits per heavy atom. The van der Waals surface area contributed by atoms with Gasteiger partial charge >= 0.3 is 6.03 Å². The van der Waals surface area contributed by atoms with Crippen molar-refractivity contribution in [3.8, 4) is 0 Å². The Morgan fingerprint density at radius 2 is 1.95 bits per heavy atom. The van der Waals surface area contributed by atoms with Gasteiger partial charge in [0.05, 0.1) is 12.0 Å². The molecule has 6 nitrogen and oxygen atoms in total. The summed E-state index contributed by atoms with van der Waals surface area (Å²) in [4.78, 5) is 27.4. The van der Waals surface area contributed by atoms with Crippen LogP contribution in [0.4, 0.5) is 4.79 Å². The summed E-state index contributed by atoms with van der Waals surface area (Å²) >= 11 is 0. The molecule has 0 aromatic heterocycles. The average Bonchev–Trinajstić information content (AvgIpc) is 2.81. The minimum Gasteiger partial charge on any atom is -0.389 e. The van der Waals surface area contributed by atoms with Gasteiger partial charge in [-0.2, -0.15) is 0 Å². The maximum Gasteiger partial charge on any atom is 0.317 e. The van der Waals surface area contributed by atoms with E-state index in [0.29, 0.717) is 0 Å². The molecule has 0 atom stereocenters. The molecule has 2 saturated carbocycles. The molecule has 2 aliphatic carbocycles. The Bertz CT molecular complexity index is 467. The SMILES string of the molecule is CN(C)C(=O)NC1CC2(CCN(C(=O)CC3(O)CCC3)C2)C1. The molecule has 3 amide bonds. The van der Waals surface area contributed by atoms with E-state index in [9.17, 15) is 14.7 Å². The Kier molecular flexibility index (Phi) is 3.83. The van der Waals surface area contributed by atoms with Gasteiger partial charge in [0.25, 0.3) is 0 Å². The van der Waals surface area contributed by atoms with Crippen LogP contribution in [0.15, 0.2) is 0 Å². The summed E-state index contributed by atoms with van der Waals surface area (Å²) in [6.07, 6.45) is 5.77. The van der Waals surface area contributed by atoms with Crippen LogP contribution >= 0.6 is 0 Å². The Labute approximate surface area is 131 Å². The van der Waals surface area contributed by atoms with E-state index in [1.807, 2.05) is 4.90 Å². The molecule has 124 valence electrons. The van der Waals surface area contributed by atoms with E-state index >= 15 is 0 Å². The summed E-state index contributed by atoms with van der Waals surface area (Å²) in [6, 6.07) is 0.193. The summed E-state index contributed by atoms with van der Waals surface area (Å²) in [7, 11) is 3.48. The number of carbonyl (C=O) groups is 2. The van der Waals surface area contributed by atoms with Crippen molar-refractivity contribution in [2.75, 3.05) is 27.2 Å². The number of hydrogen-bond acceptors (Lipinski definition) is 3. The second kappa shape index (κ2) is 5.41. The van der Waals surface area contributed by atoms with Crippen LogP contribution in [0, 0.1) is 5.41 Å². The van der Waals surface area contributed by atoms with E-state index in [1.165, 1.54) is 0 Å². The first-order valence-electron chi connectivity index (χ1n) is 8.29. The van der Waals surface area contributed by atoms with Crippen LogP contribution in [0.1, 0.15) is 44.9 Å². The summed E-state index contributed by atoms with van der Waals surface area (Å²) in [6.45, 7) is 1.58. The molecule has 1 aliphatic heterocycles. The monoisotopic (exact) mass is 309 g/mol. The number of likely N-dealkylation sites (tertiary alicyclic amines) is 1. The topological polar surface area (TPSA) is 72.9 Å². The number of nitrogens with one attached hydrogen (secondary N) is 1. The number of carbonyl (C=O) groups excluding carboxylic acids is 2. The van der Waals surface area contributed by atoms with Crippen LogP contribution in [0.25, 0.3) is 0 Å². The fourth-order valence-electron chi connectivity index (χ4n) is 4.03. The van der Waals surface area contributed by atoms with Gasteiger partial charge in [-0.3, -0.25) is 4.79 Å². The fraction of sp³-hybridized carbons (Fsp3) is 0.875. The lowest BCUT2D eigenvalue weighted by atomic mass is 9.65. The Balaban J connectivity index is 1.45. The molecule has 3 fully saturated rings. The van der Waals surface area contributed by atoms with Gasteiger partial charge in [0, 0.05) is 33.2 Å². The zero-order valence-corrected chi connectivity index (χ0v) is 13.6. The summed E-state index contributed by atoms with van der Waals surface area (Å²) in [5.41, 5.74) is -0.531. The van der Waals surface area contributed by atoms with Crippen LogP contribution in [-0.2, 0) is 4.79 Å². The molecule has 0 unspecified atom stereocenters. The van der Waals surface area contributed by atoms with Gasteiger partial charge in [0.15, 0.2) is 0 Å². The van der Waals surface area contributed by atoms with Gasteiger partial charge in [-0.15, -0.1) is 0 Å². The zero-order chi connectivity index (χ0) is 16.0. The van der Waals surface area contributed by atoms with Crippen LogP contribution in [0.2, 0.25) is 0 Å². The van der Waals surface area contributed by atoms with Crippen molar-refractivity contribution in [3.05, 3.63) is 0 Å². The highest BCUT2D eigenvalue weighted by Crippen LogP contribution is 2.48. The quantitative estimate of drug-likeness (QED) is 0.815. The molecule has 0 radical (unpaired) electrons. The van der Waals surface area contributed by atoms with E-state index in [-0.39, 0.29) is 29.8 Å². The summed E-state index contributed by atoms with van der Waals surface area (Å²) < 4.78 is 0. The standard InChI is InChI=1S/C16H27N3O3/c1-18(2)14(21)17-12-8-15(9-12)6-7-19(11-15)13(20)10-16(22)4-3-5-16/h12,22H,3-11H2,1-2H3,(H,17,21). The first-order valence-corrected chi connectivity index (χ1v) is 8.29. The van der Waals surface area contributed by atoms with Gasteiger partial charge in [0.1, 0.15) is 0 Å². The van der Waals surface area contributed by atoms with Gasteiger partial charge in [-0.1, -0.05) is 0 Å². The molecule has 3 aliphatic rings. The lowest BCUT2D eigenvalue weighted by molar-refractivity contribution is -0.140. The van der Waals surface area contributed by atoms with Crippen LogP contribution in [0.5, 0.6) is 0 Å². The third kappa shape index (κ3) is 2.93. The largest absolute Gasteiger partial charge is 0.389 e. The molecule has 0 aromatic carbocycles. The highest BCUT2D eigenvalue weighted by atomic mass is 16.3. The maximum absolute atomic E-state index is 12.3. The van der Waals surface area contributed by atoms with Gasteiger partial charge in [-0.25, -0.2) is 4.79 Å². The molecule has 22 heavy (non-hydrogen) atoms. The molecule has 2 N–H and O–H groups in total. The molecular weight excluding hydrogens is 282 g/mol. The van der Waals surface area contributed by atoms with Crippen molar-refractivity contribution in [2.24, 2.45) is 5.41 Å². The molecule has 3 rings (SSSR count). The molecule has 0 aromatic rings. The summed E-state index contributed by atoms with van der Waals surface area (Å²) in [5, 5.41) is 13.1. The van der Waals surface area contributed by atoms with E-state index in [1.54, 1.807) is 19.0 Å². The number of amides is 3. The number of hydrogen-bond donors (Lipinski definition) is 2. The number of aliphatic hydroxyl groups is 1. The highest BCUT2D eigenvalue weighted by molar-refractivity contribution is 5.78. The predicted molar refractivity (Wildman–Crippen MR) is 82.3 cm³/mol. The fourth-order valence-corrected chi connectivity index (χ4v) is 4.03. The molecule has 6 heteroatoms. The zero-order valence-electron chi connectivity index (χ0n) is 13.6. The number of nitrogens with zero attached hydrogens (tertiary/aromatic N) is 2. The average molecular weight is 309 g/mol. The lowest BCUT2D eigenvalue weighted by Crippen LogP contribution is -2.54. The van der Waals surface area contributed by atoms with Crippen LogP contribution in [-0.4, -0.2) is 65.7 Å². The van der Waals surface area contributed by atoms with Crippen LogP contribution in [0.3, 0.4) is 0 Å². The second-order valence-corrected chi connectivity index (χ2v) is 7.77. The van der Waals surface area contributed by atoms with Crippen molar-refractivity contribution in [2.45, 2.75) is 56.6 Å². The normalized spacial score (nSPS) is 32.3. The van der Waals surface area contributed by atoms with Gasteiger partial charge in [0.2, 0.25) is 5.91 Å². The summed E-state index contributed by atoms with van der Waals surface area (Å²) in [5.74, 6) is 0.0971. The van der Waals surface area contributed by atoms with E-state index in [0.717, 1.165) is 51.6 Å². The van der Waals surface area contributed by atoms with Crippen molar-refractivity contribution in [1.29, 1.82) is 0 Å². The third-order valence-electron chi connectivity index (χ3n) is 5.65. The highest BCUT2D eigenvalue weighted by Gasteiger charge is 2.50. The Morgan fingerprint density at radius 3 is 2.50 bits per heavy atom. The first-order chi connectivity index (χ1) is 10.3. The smallest absolute Gasteiger partial charge is 0.317 e. The van der Waals surface area contributed by atoms with Crippen LogP contribution < -0.4 is 5.32 Å².